The number of rotatable bonds is 12. The van der Waals surface area contributed by atoms with Crippen molar-refractivity contribution in [1.82, 2.24) is 9.21 Å². The predicted octanol–water partition coefficient (Wildman–Crippen LogP) is 3.40. The molecule has 9 nitrogen and oxygen atoms in total. The first-order valence-corrected chi connectivity index (χ1v) is 14.8. The van der Waals surface area contributed by atoms with E-state index in [1.165, 1.54) is 33.5 Å². The summed E-state index contributed by atoms with van der Waals surface area (Å²) in [5, 5.41) is 20.7. The van der Waals surface area contributed by atoms with E-state index in [-0.39, 0.29) is 35.8 Å². The Labute approximate surface area is 225 Å². The molecule has 1 amide bonds. The quantitative estimate of drug-likeness (QED) is 0.419. The molecule has 1 aliphatic carbocycles. The molecule has 2 fully saturated rings. The van der Waals surface area contributed by atoms with E-state index in [1.807, 2.05) is 30.3 Å². The summed E-state index contributed by atoms with van der Waals surface area (Å²) < 4.78 is 39.3. The summed E-state index contributed by atoms with van der Waals surface area (Å²) in [6.45, 7) is 1.29. The Morgan fingerprint density at radius 3 is 2.39 bits per heavy atom. The topological polar surface area (TPSA) is 117 Å². The SMILES string of the molecule is O=C(O[C@H]1CCOC1)N(CCc1ccccc1)C[C@H](O)CN(CC1CCCC1)S(=O)(=O)c1ccc(O)cc1. The standard InChI is InChI=1S/C28H38N2O7S/c31-24-10-12-27(13-11-24)38(34,35)30(18-23-8-4-5-9-23)20-25(32)19-29(16-14-22-6-2-1-3-7-22)28(33)37-26-15-17-36-21-26/h1-3,6-7,10-13,23,25-26,31-32H,4-5,8-9,14-21H2/t25-,26-/m0/s1. The van der Waals surface area contributed by atoms with Gasteiger partial charge in [0.1, 0.15) is 11.9 Å². The first-order chi connectivity index (χ1) is 18.3. The molecule has 2 aromatic carbocycles. The molecule has 208 valence electrons. The van der Waals surface area contributed by atoms with Crippen molar-refractivity contribution in [3.63, 3.8) is 0 Å². The molecule has 2 atom stereocenters. The van der Waals surface area contributed by atoms with E-state index >= 15 is 0 Å². The van der Waals surface area contributed by atoms with Gasteiger partial charge in [-0.1, -0.05) is 43.2 Å². The number of aliphatic hydroxyl groups is 1. The van der Waals surface area contributed by atoms with Crippen molar-refractivity contribution < 1.29 is 32.9 Å². The summed E-state index contributed by atoms with van der Waals surface area (Å²) in [7, 11) is -3.92. The van der Waals surface area contributed by atoms with Gasteiger partial charge in [-0.2, -0.15) is 4.31 Å². The molecule has 38 heavy (non-hydrogen) atoms. The van der Waals surface area contributed by atoms with Gasteiger partial charge in [0.25, 0.3) is 0 Å². The number of aromatic hydroxyl groups is 1. The number of nitrogens with zero attached hydrogens (tertiary/aromatic N) is 2. The van der Waals surface area contributed by atoms with Crippen LogP contribution in [-0.2, 0) is 25.9 Å². The van der Waals surface area contributed by atoms with Crippen molar-refractivity contribution in [3.05, 3.63) is 60.2 Å². The van der Waals surface area contributed by atoms with Crippen LogP contribution < -0.4 is 0 Å². The zero-order chi connectivity index (χ0) is 27.0. The number of hydrogen-bond acceptors (Lipinski definition) is 7. The molecule has 4 rings (SSSR count). The molecular weight excluding hydrogens is 508 g/mol. The van der Waals surface area contributed by atoms with Crippen molar-refractivity contribution in [2.75, 3.05) is 39.4 Å². The number of phenolic OH excluding ortho intramolecular Hbond substituents is 1. The summed E-state index contributed by atoms with van der Waals surface area (Å²) in [5.41, 5.74) is 1.04. The van der Waals surface area contributed by atoms with Gasteiger partial charge in [-0.15, -0.1) is 0 Å². The second kappa shape index (κ2) is 13.4. The van der Waals surface area contributed by atoms with E-state index in [2.05, 4.69) is 0 Å². The summed E-state index contributed by atoms with van der Waals surface area (Å²) in [5.74, 6) is 0.196. The van der Waals surface area contributed by atoms with Crippen LogP contribution in [0.5, 0.6) is 5.75 Å². The lowest BCUT2D eigenvalue weighted by molar-refractivity contribution is 0.0372. The van der Waals surface area contributed by atoms with Gasteiger partial charge in [0, 0.05) is 26.1 Å². The molecule has 0 radical (unpaired) electrons. The zero-order valence-corrected chi connectivity index (χ0v) is 22.5. The van der Waals surface area contributed by atoms with Crippen LogP contribution in [0, 0.1) is 5.92 Å². The second-order valence-corrected chi connectivity index (χ2v) is 12.1. The molecule has 1 saturated carbocycles. The molecule has 2 aromatic rings. The van der Waals surface area contributed by atoms with Crippen molar-refractivity contribution in [2.24, 2.45) is 5.92 Å². The first-order valence-electron chi connectivity index (χ1n) is 13.4. The van der Waals surface area contributed by atoms with E-state index in [4.69, 9.17) is 9.47 Å². The lowest BCUT2D eigenvalue weighted by Crippen LogP contribution is -2.46. The molecule has 1 aliphatic heterocycles. The molecule has 0 unspecified atom stereocenters. The zero-order valence-electron chi connectivity index (χ0n) is 21.7. The van der Waals surface area contributed by atoms with Gasteiger partial charge in [-0.25, -0.2) is 13.2 Å². The van der Waals surface area contributed by atoms with Crippen LogP contribution in [0.2, 0.25) is 0 Å². The van der Waals surface area contributed by atoms with E-state index in [1.54, 1.807) is 0 Å². The maximum atomic E-state index is 13.5. The van der Waals surface area contributed by atoms with Crippen LogP contribution in [0.25, 0.3) is 0 Å². The smallest absolute Gasteiger partial charge is 0.410 e. The number of amides is 1. The highest BCUT2D eigenvalue weighted by Gasteiger charge is 2.32. The molecule has 1 saturated heterocycles. The van der Waals surface area contributed by atoms with Crippen molar-refractivity contribution >= 4 is 16.1 Å². The minimum atomic E-state index is -3.92. The Balaban J connectivity index is 1.47. The van der Waals surface area contributed by atoms with Crippen LogP contribution in [0.1, 0.15) is 37.7 Å². The molecular formula is C28H38N2O7S. The average molecular weight is 547 g/mol. The summed E-state index contributed by atoms with van der Waals surface area (Å²) in [4.78, 5) is 14.6. The summed E-state index contributed by atoms with van der Waals surface area (Å²) >= 11 is 0. The minimum absolute atomic E-state index is 0.0217. The number of ether oxygens (including phenoxy) is 2. The normalized spacial score (nSPS) is 19.1. The highest BCUT2D eigenvalue weighted by Crippen LogP contribution is 2.28. The minimum Gasteiger partial charge on any atom is -0.508 e. The Bertz CT molecular complexity index is 1120. The van der Waals surface area contributed by atoms with Gasteiger partial charge in [-0.05, 0) is 55.0 Å². The van der Waals surface area contributed by atoms with Crippen LogP contribution in [0.3, 0.4) is 0 Å². The van der Waals surface area contributed by atoms with Crippen LogP contribution in [-0.4, -0.2) is 85.5 Å². The van der Waals surface area contributed by atoms with Crippen LogP contribution >= 0.6 is 0 Å². The fraction of sp³-hybridized carbons (Fsp3) is 0.536. The number of hydrogen-bond donors (Lipinski definition) is 2. The molecule has 0 aromatic heterocycles. The van der Waals surface area contributed by atoms with E-state index < -0.39 is 22.2 Å². The third-order valence-electron chi connectivity index (χ3n) is 7.18. The Kier molecular flexibility index (Phi) is 10.0. The lowest BCUT2D eigenvalue weighted by atomic mass is 10.1. The van der Waals surface area contributed by atoms with Crippen molar-refractivity contribution in [3.8, 4) is 5.75 Å². The van der Waals surface area contributed by atoms with E-state index in [0.717, 1.165) is 31.2 Å². The van der Waals surface area contributed by atoms with Crippen molar-refractivity contribution in [1.29, 1.82) is 0 Å². The van der Waals surface area contributed by atoms with Gasteiger partial charge in [0.2, 0.25) is 10.0 Å². The van der Waals surface area contributed by atoms with Crippen LogP contribution in [0.4, 0.5) is 4.79 Å². The number of sulfonamides is 1. The van der Waals surface area contributed by atoms with E-state index in [0.29, 0.717) is 39.1 Å². The largest absolute Gasteiger partial charge is 0.508 e. The first kappa shape index (κ1) is 28.4. The highest BCUT2D eigenvalue weighted by molar-refractivity contribution is 7.89. The number of benzene rings is 2. The van der Waals surface area contributed by atoms with Crippen molar-refractivity contribution in [2.45, 2.75) is 55.6 Å². The fourth-order valence-electron chi connectivity index (χ4n) is 5.05. The lowest BCUT2D eigenvalue weighted by Gasteiger charge is -2.30. The molecule has 2 N–H and O–H groups in total. The number of phenols is 1. The maximum absolute atomic E-state index is 13.5. The van der Waals surface area contributed by atoms with E-state index in [9.17, 15) is 23.4 Å². The third-order valence-corrected chi connectivity index (χ3v) is 9.03. The Hall–Kier alpha value is -2.66. The Morgan fingerprint density at radius 1 is 1.03 bits per heavy atom. The number of carbonyl (C=O) groups excluding carboxylic acids is 1. The molecule has 0 spiro atoms. The van der Waals surface area contributed by atoms with Gasteiger partial charge in [0.15, 0.2) is 0 Å². The molecule has 0 bridgehead atoms. The fourth-order valence-corrected chi connectivity index (χ4v) is 6.61. The monoisotopic (exact) mass is 546 g/mol. The van der Waals surface area contributed by atoms with Gasteiger partial charge >= 0.3 is 6.09 Å². The molecule has 2 aliphatic rings. The second-order valence-electron chi connectivity index (χ2n) is 10.2. The van der Waals surface area contributed by atoms with Gasteiger partial charge < -0.3 is 24.6 Å². The molecule has 1 heterocycles. The van der Waals surface area contributed by atoms with Gasteiger partial charge in [-0.3, -0.25) is 0 Å². The van der Waals surface area contributed by atoms with Crippen LogP contribution in [0.15, 0.2) is 59.5 Å². The summed E-state index contributed by atoms with van der Waals surface area (Å²) in [6, 6.07) is 15.1. The Morgan fingerprint density at radius 2 is 1.74 bits per heavy atom. The predicted molar refractivity (Wildman–Crippen MR) is 142 cm³/mol. The van der Waals surface area contributed by atoms with Gasteiger partial charge in [0.05, 0.1) is 30.8 Å². The number of carbonyl (C=O) groups is 1. The third kappa shape index (κ3) is 7.92. The molecule has 10 heteroatoms. The maximum Gasteiger partial charge on any atom is 0.410 e. The average Bonchev–Trinajstić information content (AvgIpc) is 3.61. The highest BCUT2D eigenvalue weighted by atomic mass is 32.2. The summed E-state index contributed by atoms with van der Waals surface area (Å²) in [6.07, 6.45) is 3.21. The number of aliphatic hydroxyl groups excluding tert-OH is 1.